The van der Waals surface area contributed by atoms with Gasteiger partial charge < -0.3 is 4.42 Å². The Kier molecular flexibility index (Phi) is 7.42. The summed E-state index contributed by atoms with van der Waals surface area (Å²) in [5.74, 6) is 0. The van der Waals surface area contributed by atoms with E-state index >= 15 is 0 Å². The molecule has 0 amide bonds. The molecule has 0 saturated heterocycles. The van der Waals surface area contributed by atoms with Crippen LogP contribution in [0.2, 0.25) is 0 Å². The van der Waals surface area contributed by atoms with Gasteiger partial charge in [0.05, 0.1) is 0 Å². The van der Waals surface area contributed by atoms with Gasteiger partial charge in [-0.2, -0.15) is 0 Å². The highest BCUT2D eigenvalue weighted by Crippen LogP contribution is 2.46. The Labute approximate surface area is 287 Å². The molecule has 8 aromatic carbocycles. The van der Waals surface area contributed by atoms with Gasteiger partial charge in [0.25, 0.3) is 0 Å². The van der Waals surface area contributed by atoms with Crippen molar-refractivity contribution >= 4 is 65.0 Å². The van der Waals surface area contributed by atoms with E-state index in [0.29, 0.717) is 0 Å². The van der Waals surface area contributed by atoms with E-state index in [4.69, 9.17) is 4.42 Å². The van der Waals surface area contributed by atoms with Crippen molar-refractivity contribution in [1.29, 1.82) is 0 Å². The first-order valence-corrected chi connectivity index (χ1v) is 18.1. The van der Waals surface area contributed by atoms with Gasteiger partial charge in [-0.1, -0.05) is 148 Å². The highest BCUT2D eigenvalue weighted by Gasteiger charge is 2.21. The molecule has 9 aromatic rings. The largest absolute Gasteiger partial charge is 0.455 e. The molecule has 0 saturated carbocycles. The van der Waals surface area contributed by atoms with E-state index in [0.717, 1.165) is 40.3 Å². The summed E-state index contributed by atoms with van der Waals surface area (Å²) in [6, 6.07) is 49.4. The zero-order chi connectivity index (χ0) is 32.9. The van der Waals surface area contributed by atoms with Crippen LogP contribution in [0.15, 0.2) is 138 Å². The molecule has 49 heavy (non-hydrogen) atoms. The van der Waals surface area contributed by atoms with Crippen LogP contribution in [0, 0.1) is 0 Å². The van der Waals surface area contributed by atoms with Crippen molar-refractivity contribution in [2.45, 2.75) is 52.4 Å². The predicted molar refractivity (Wildman–Crippen MR) is 212 cm³/mol. The Morgan fingerprint density at radius 3 is 1.35 bits per heavy atom. The second-order valence-corrected chi connectivity index (χ2v) is 13.6. The van der Waals surface area contributed by atoms with Crippen LogP contribution < -0.4 is 0 Å². The zero-order valence-corrected chi connectivity index (χ0v) is 28.4. The van der Waals surface area contributed by atoms with Crippen molar-refractivity contribution in [3.63, 3.8) is 0 Å². The highest BCUT2D eigenvalue weighted by molar-refractivity contribution is 6.21. The van der Waals surface area contributed by atoms with Crippen LogP contribution in [0.1, 0.15) is 50.7 Å². The van der Waals surface area contributed by atoms with Gasteiger partial charge in [0.2, 0.25) is 0 Å². The van der Waals surface area contributed by atoms with E-state index in [9.17, 15) is 0 Å². The maximum Gasteiger partial charge on any atom is 0.143 e. The number of hydrogen-bond acceptors (Lipinski definition) is 1. The predicted octanol–water partition coefficient (Wildman–Crippen LogP) is 14.2. The van der Waals surface area contributed by atoms with Crippen molar-refractivity contribution in [3.8, 4) is 22.3 Å². The zero-order valence-electron chi connectivity index (χ0n) is 28.4. The fourth-order valence-corrected chi connectivity index (χ4v) is 8.44. The fraction of sp³-hybridized carbons (Fsp3) is 0.167. The van der Waals surface area contributed by atoms with Gasteiger partial charge in [0.1, 0.15) is 11.2 Å². The first-order chi connectivity index (χ1) is 24.3. The molecular formula is C48H40O. The van der Waals surface area contributed by atoms with Crippen LogP contribution >= 0.6 is 0 Å². The minimum atomic E-state index is 0.924. The number of aryl methyl sites for hydroxylation is 2. The molecule has 1 heterocycles. The maximum atomic E-state index is 6.86. The van der Waals surface area contributed by atoms with Crippen molar-refractivity contribution in [2.75, 3.05) is 0 Å². The van der Waals surface area contributed by atoms with Crippen LogP contribution in [-0.4, -0.2) is 0 Å². The standard InChI is InChI=1S/C48H40O/c1-3-5-16-32-34-18-7-11-22-38(34)46(39-23-12-8-19-35(32)39)31-28-29-45-44(30-31)42-26-15-27-43(48(42)49-45)47-40-24-13-9-20-36(40)33(17-6-4-2)37-21-10-14-25-41(37)47/h7-15,18-30H,3-6,16-17H2,1-2H3. The summed E-state index contributed by atoms with van der Waals surface area (Å²) in [6.45, 7) is 4.56. The Bertz CT molecular complexity index is 2570. The first-order valence-electron chi connectivity index (χ1n) is 18.1. The van der Waals surface area contributed by atoms with Gasteiger partial charge in [0, 0.05) is 21.9 Å². The normalized spacial score (nSPS) is 12.0. The third-order valence-electron chi connectivity index (χ3n) is 10.7. The topological polar surface area (TPSA) is 13.1 Å². The Morgan fingerprint density at radius 2 is 0.857 bits per heavy atom. The van der Waals surface area contributed by atoms with Gasteiger partial charge in [-0.3, -0.25) is 0 Å². The molecule has 1 heteroatoms. The summed E-state index contributed by atoms with van der Waals surface area (Å²) in [6.07, 6.45) is 6.91. The van der Waals surface area contributed by atoms with Crippen molar-refractivity contribution in [2.24, 2.45) is 0 Å². The molecule has 0 fully saturated rings. The molecule has 0 aliphatic heterocycles. The Morgan fingerprint density at radius 1 is 0.408 bits per heavy atom. The molecule has 0 aliphatic rings. The maximum absolute atomic E-state index is 6.86. The summed E-state index contributed by atoms with van der Waals surface area (Å²) in [7, 11) is 0. The lowest BCUT2D eigenvalue weighted by Crippen LogP contribution is -1.94. The lowest BCUT2D eigenvalue weighted by Gasteiger charge is -2.17. The molecule has 0 atom stereocenters. The average Bonchev–Trinajstić information content (AvgIpc) is 3.53. The molecule has 9 rings (SSSR count). The van der Waals surface area contributed by atoms with Gasteiger partial charge in [-0.15, -0.1) is 0 Å². The van der Waals surface area contributed by atoms with Gasteiger partial charge in [0.15, 0.2) is 0 Å². The molecule has 238 valence electrons. The molecule has 1 aromatic heterocycles. The van der Waals surface area contributed by atoms with Crippen LogP contribution in [0.4, 0.5) is 0 Å². The second kappa shape index (κ2) is 12.2. The van der Waals surface area contributed by atoms with Crippen molar-refractivity contribution < 1.29 is 4.42 Å². The molecule has 0 N–H and O–H groups in total. The lowest BCUT2D eigenvalue weighted by molar-refractivity contribution is 0.670. The first kappa shape index (κ1) is 29.7. The summed E-state index contributed by atoms with van der Waals surface area (Å²) in [5, 5.41) is 13.0. The number of rotatable bonds is 8. The number of para-hydroxylation sites is 1. The average molecular weight is 633 g/mol. The van der Waals surface area contributed by atoms with E-state index in [-0.39, 0.29) is 0 Å². The molecule has 0 aliphatic carbocycles. The van der Waals surface area contributed by atoms with E-state index in [1.165, 1.54) is 96.6 Å². The van der Waals surface area contributed by atoms with E-state index in [2.05, 4.69) is 147 Å². The SMILES string of the molecule is CCCCc1c2ccccc2c(-c2ccc3oc4c(-c5c6ccccc6c(CCCC)c6ccccc56)cccc4c3c2)c2ccccc12. The third-order valence-corrected chi connectivity index (χ3v) is 10.7. The summed E-state index contributed by atoms with van der Waals surface area (Å²) in [5.41, 5.74) is 9.75. The molecule has 1 nitrogen and oxygen atoms in total. The van der Waals surface area contributed by atoms with Crippen LogP contribution in [0.25, 0.3) is 87.3 Å². The summed E-state index contributed by atoms with van der Waals surface area (Å²) < 4.78 is 6.86. The number of fused-ring (bicyclic) bond motifs is 7. The number of hydrogen-bond donors (Lipinski definition) is 0. The molecule has 0 spiro atoms. The Hall–Kier alpha value is -5.40. The van der Waals surface area contributed by atoms with Crippen molar-refractivity contribution in [1.82, 2.24) is 0 Å². The molecular weight excluding hydrogens is 593 g/mol. The smallest absolute Gasteiger partial charge is 0.143 e. The van der Waals surface area contributed by atoms with E-state index < -0.39 is 0 Å². The van der Waals surface area contributed by atoms with Crippen LogP contribution in [-0.2, 0) is 12.8 Å². The highest BCUT2D eigenvalue weighted by atomic mass is 16.3. The Balaban J connectivity index is 1.30. The summed E-state index contributed by atoms with van der Waals surface area (Å²) >= 11 is 0. The minimum Gasteiger partial charge on any atom is -0.455 e. The van der Waals surface area contributed by atoms with Crippen molar-refractivity contribution in [3.05, 3.63) is 145 Å². The van der Waals surface area contributed by atoms with Gasteiger partial charge in [-0.25, -0.2) is 0 Å². The van der Waals surface area contributed by atoms with Crippen LogP contribution in [0.3, 0.4) is 0 Å². The molecule has 0 unspecified atom stereocenters. The quantitative estimate of drug-likeness (QED) is 0.152. The van der Waals surface area contributed by atoms with Gasteiger partial charge in [-0.05, 0) is 103 Å². The minimum absolute atomic E-state index is 0.924. The lowest BCUT2D eigenvalue weighted by atomic mass is 9.86. The van der Waals surface area contributed by atoms with Gasteiger partial charge >= 0.3 is 0 Å². The third kappa shape index (κ3) is 4.75. The molecule has 0 bridgehead atoms. The fourth-order valence-electron chi connectivity index (χ4n) is 8.44. The van der Waals surface area contributed by atoms with E-state index in [1.807, 2.05) is 0 Å². The number of unbranched alkanes of at least 4 members (excludes halogenated alkanes) is 2. The molecule has 0 radical (unpaired) electrons. The number of benzene rings is 8. The van der Waals surface area contributed by atoms with E-state index in [1.54, 1.807) is 0 Å². The summed E-state index contributed by atoms with van der Waals surface area (Å²) in [4.78, 5) is 0. The van der Waals surface area contributed by atoms with Crippen LogP contribution in [0.5, 0.6) is 0 Å². The number of furan rings is 1. The second-order valence-electron chi connectivity index (χ2n) is 13.6. The monoisotopic (exact) mass is 632 g/mol.